The van der Waals surface area contributed by atoms with Gasteiger partial charge >= 0.3 is 0 Å². The van der Waals surface area contributed by atoms with Crippen LogP contribution in [0.15, 0.2) is 54.6 Å². The molecule has 0 spiro atoms. The highest BCUT2D eigenvalue weighted by atomic mass is 19.1. The fourth-order valence-corrected chi connectivity index (χ4v) is 3.91. The molecule has 1 unspecified atom stereocenters. The first-order valence-corrected chi connectivity index (χ1v) is 10.8. The van der Waals surface area contributed by atoms with Crippen molar-refractivity contribution in [3.63, 3.8) is 0 Å². The Morgan fingerprint density at radius 3 is 2.39 bits per heavy atom. The molecule has 1 aromatic heterocycles. The number of hydrogen-bond acceptors (Lipinski definition) is 4. The Kier molecular flexibility index (Phi) is 6.03. The minimum Gasteiger partial charge on any atom is -0.478 e. The molecule has 2 aromatic carbocycles. The summed E-state index contributed by atoms with van der Waals surface area (Å²) in [6, 6.07) is 15.2. The molecule has 0 saturated carbocycles. The Hall–Kier alpha value is -3.21. The summed E-state index contributed by atoms with van der Waals surface area (Å²) in [4.78, 5) is 9.39. The van der Waals surface area contributed by atoms with Crippen LogP contribution in [0, 0.1) is 5.82 Å². The van der Waals surface area contributed by atoms with Crippen LogP contribution < -0.4 is 10.1 Å². The van der Waals surface area contributed by atoms with Gasteiger partial charge in [-0.1, -0.05) is 56.3 Å². The number of fused-ring (bicyclic) bond motifs is 1. The van der Waals surface area contributed by atoms with Crippen LogP contribution in [0.3, 0.4) is 0 Å². The van der Waals surface area contributed by atoms with E-state index in [4.69, 9.17) is 9.72 Å². The number of benzene rings is 2. The van der Waals surface area contributed by atoms with Crippen LogP contribution in [0.2, 0.25) is 0 Å². The van der Waals surface area contributed by atoms with Crippen LogP contribution >= 0.6 is 0 Å². The molecule has 0 saturated heterocycles. The summed E-state index contributed by atoms with van der Waals surface area (Å²) in [5, 5.41) is 3.33. The molecule has 1 N–H and O–H groups in total. The summed E-state index contributed by atoms with van der Waals surface area (Å²) in [7, 11) is 0. The molecule has 4 rings (SSSR count). The molecule has 3 aromatic rings. The maximum absolute atomic E-state index is 13.4. The molecule has 0 aliphatic heterocycles. The van der Waals surface area contributed by atoms with Gasteiger partial charge in [-0.2, -0.15) is 4.98 Å². The summed E-state index contributed by atoms with van der Waals surface area (Å²) >= 11 is 0. The first-order chi connectivity index (χ1) is 15.0. The minimum absolute atomic E-state index is 0.231. The second kappa shape index (κ2) is 8.88. The van der Waals surface area contributed by atoms with Gasteiger partial charge in [0.2, 0.25) is 11.8 Å². The van der Waals surface area contributed by atoms with E-state index in [0.29, 0.717) is 31.4 Å². The third kappa shape index (κ3) is 4.61. The molecule has 4 nitrogen and oxygen atoms in total. The van der Waals surface area contributed by atoms with Gasteiger partial charge in [0, 0.05) is 17.5 Å². The summed E-state index contributed by atoms with van der Waals surface area (Å²) in [5.74, 6) is 0.928. The fourth-order valence-electron chi connectivity index (χ4n) is 3.91. The largest absolute Gasteiger partial charge is 0.478 e. The van der Waals surface area contributed by atoms with E-state index in [2.05, 4.69) is 54.5 Å². The van der Waals surface area contributed by atoms with Crippen molar-refractivity contribution in [2.45, 2.75) is 45.6 Å². The lowest BCUT2D eigenvalue weighted by molar-refractivity contribution is 0.320. The van der Waals surface area contributed by atoms with Crippen molar-refractivity contribution in [3.05, 3.63) is 88.4 Å². The zero-order valence-electron chi connectivity index (χ0n) is 18.3. The highest BCUT2D eigenvalue weighted by Crippen LogP contribution is 2.38. The number of halogens is 1. The van der Waals surface area contributed by atoms with Crippen LogP contribution in [-0.2, 0) is 24.8 Å². The normalized spacial score (nSPS) is 17.3. The predicted molar refractivity (Wildman–Crippen MR) is 123 cm³/mol. The maximum Gasteiger partial charge on any atom is 0.226 e. The van der Waals surface area contributed by atoms with Gasteiger partial charge in [0.25, 0.3) is 0 Å². The van der Waals surface area contributed by atoms with Crippen molar-refractivity contribution < 1.29 is 9.13 Å². The summed E-state index contributed by atoms with van der Waals surface area (Å²) < 4.78 is 19.3. The van der Waals surface area contributed by atoms with Crippen LogP contribution in [-0.4, -0.2) is 16.6 Å². The number of ether oxygens (including phenoxy) is 1. The van der Waals surface area contributed by atoms with Gasteiger partial charge in [0.15, 0.2) is 0 Å². The lowest BCUT2D eigenvalue weighted by Crippen LogP contribution is -2.26. The van der Waals surface area contributed by atoms with Gasteiger partial charge < -0.3 is 10.1 Å². The number of aromatic nitrogens is 2. The van der Waals surface area contributed by atoms with Crippen LogP contribution in [0.5, 0.6) is 5.88 Å². The lowest BCUT2D eigenvalue weighted by atomic mass is 9.74. The number of nitrogens with zero attached hydrogens (tertiary/aromatic N) is 2. The highest BCUT2D eigenvalue weighted by Gasteiger charge is 2.31. The van der Waals surface area contributed by atoms with Crippen molar-refractivity contribution in [1.29, 1.82) is 0 Å². The van der Waals surface area contributed by atoms with Crippen LogP contribution in [0.25, 0.3) is 6.08 Å². The lowest BCUT2D eigenvalue weighted by Gasteiger charge is -2.31. The summed E-state index contributed by atoms with van der Waals surface area (Å²) in [6.07, 6.45) is 5.88. The number of rotatable bonds is 7. The Balaban J connectivity index is 1.59. The Bertz CT molecular complexity index is 1080. The second-order valence-corrected chi connectivity index (χ2v) is 8.11. The molecule has 0 amide bonds. The molecule has 5 heteroatoms. The van der Waals surface area contributed by atoms with Crippen molar-refractivity contribution in [1.82, 2.24) is 9.97 Å². The van der Waals surface area contributed by atoms with Crippen molar-refractivity contribution in [2.24, 2.45) is 0 Å². The highest BCUT2D eigenvalue weighted by molar-refractivity contribution is 5.61. The number of hydrogen-bond donors (Lipinski definition) is 1. The Labute approximate surface area is 183 Å². The van der Waals surface area contributed by atoms with E-state index in [1.54, 1.807) is 0 Å². The molecular formula is C26H28FN3O. The monoisotopic (exact) mass is 417 g/mol. The third-order valence-corrected chi connectivity index (χ3v) is 5.82. The van der Waals surface area contributed by atoms with Crippen LogP contribution in [0.4, 0.5) is 10.3 Å². The molecule has 160 valence electrons. The zero-order chi connectivity index (χ0) is 21.8. The minimum atomic E-state index is -0.272. The number of allylic oxidation sites excluding steroid dienone is 1. The number of anilines is 1. The standard InChI is InChI=1S/C26H28FN3O/c1-4-18-6-8-19(9-7-18)17-28-25-29-23-14-15-26(3,20-10-12-21(27)13-11-20)16-22(23)24(30-25)31-5-2/h6-15H,4-5,16-17H2,1-3H3,(H,28,29,30). The van der Waals surface area contributed by atoms with E-state index in [-0.39, 0.29) is 11.2 Å². The van der Waals surface area contributed by atoms with Gasteiger partial charge in [-0.3, -0.25) is 0 Å². The quantitative estimate of drug-likeness (QED) is 0.534. The van der Waals surface area contributed by atoms with E-state index in [1.165, 1.54) is 23.3 Å². The van der Waals surface area contributed by atoms with E-state index < -0.39 is 0 Å². The van der Waals surface area contributed by atoms with E-state index in [0.717, 1.165) is 23.2 Å². The maximum atomic E-state index is 13.4. The molecule has 1 atom stereocenters. The van der Waals surface area contributed by atoms with Crippen molar-refractivity contribution in [2.75, 3.05) is 11.9 Å². The van der Waals surface area contributed by atoms with Crippen LogP contribution in [0.1, 0.15) is 48.7 Å². The Morgan fingerprint density at radius 1 is 1.00 bits per heavy atom. The Morgan fingerprint density at radius 2 is 1.71 bits per heavy atom. The van der Waals surface area contributed by atoms with Gasteiger partial charge in [0.1, 0.15) is 5.82 Å². The molecule has 0 bridgehead atoms. The molecule has 1 aliphatic carbocycles. The topological polar surface area (TPSA) is 47.0 Å². The average Bonchev–Trinajstić information content (AvgIpc) is 2.79. The first kappa shape index (κ1) is 21.0. The van der Waals surface area contributed by atoms with Gasteiger partial charge in [-0.05, 0) is 54.7 Å². The van der Waals surface area contributed by atoms with Gasteiger partial charge in [-0.25, -0.2) is 9.37 Å². The molecule has 31 heavy (non-hydrogen) atoms. The second-order valence-electron chi connectivity index (χ2n) is 8.11. The first-order valence-electron chi connectivity index (χ1n) is 10.8. The predicted octanol–water partition coefficient (Wildman–Crippen LogP) is 5.72. The fraction of sp³-hybridized carbons (Fsp3) is 0.308. The molecule has 0 fully saturated rings. The van der Waals surface area contributed by atoms with Gasteiger partial charge in [0.05, 0.1) is 12.3 Å². The molecule has 1 aliphatic rings. The zero-order valence-corrected chi connectivity index (χ0v) is 18.3. The molecule has 1 heterocycles. The third-order valence-electron chi connectivity index (χ3n) is 5.82. The van der Waals surface area contributed by atoms with E-state index in [1.807, 2.05) is 25.1 Å². The SMILES string of the molecule is CCOc1nc(NCc2ccc(CC)cc2)nc2c1CC(C)(c1ccc(F)cc1)C=C2. The summed E-state index contributed by atoms with van der Waals surface area (Å²) in [6.45, 7) is 7.41. The number of nitrogens with one attached hydrogen (secondary N) is 1. The van der Waals surface area contributed by atoms with E-state index in [9.17, 15) is 4.39 Å². The molecular weight excluding hydrogens is 389 g/mol. The van der Waals surface area contributed by atoms with E-state index >= 15 is 0 Å². The molecule has 0 radical (unpaired) electrons. The number of aryl methyl sites for hydroxylation is 1. The smallest absolute Gasteiger partial charge is 0.226 e. The van der Waals surface area contributed by atoms with Crippen molar-refractivity contribution >= 4 is 12.0 Å². The summed E-state index contributed by atoms with van der Waals surface area (Å²) in [5.41, 5.74) is 5.12. The van der Waals surface area contributed by atoms with Crippen molar-refractivity contribution in [3.8, 4) is 5.88 Å². The van der Waals surface area contributed by atoms with Gasteiger partial charge in [-0.15, -0.1) is 0 Å². The average molecular weight is 418 g/mol.